The molecule has 0 saturated heterocycles. The standard InChI is InChI=1S/C10H18/c1-5-7-9-8(6-2)10(9,3)4/h5,7-9H,6H2,1-4H3. The van der Waals surface area contributed by atoms with Crippen LogP contribution in [0.1, 0.15) is 34.1 Å². The van der Waals surface area contributed by atoms with Crippen LogP contribution in [0.5, 0.6) is 0 Å². The summed E-state index contributed by atoms with van der Waals surface area (Å²) in [5, 5.41) is 0. The van der Waals surface area contributed by atoms with Crippen molar-refractivity contribution in [1.29, 1.82) is 0 Å². The molecule has 0 heteroatoms. The molecule has 0 spiro atoms. The van der Waals surface area contributed by atoms with E-state index < -0.39 is 0 Å². The van der Waals surface area contributed by atoms with E-state index in [1.54, 1.807) is 0 Å². The van der Waals surface area contributed by atoms with Crippen molar-refractivity contribution < 1.29 is 0 Å². The molecule has 1 rings (SSSR count). The highest BCUT2D eigenvalue weighted by molar-refractivity contribution is 5.13. The molecule has 0 aromatic rings. The summed E-state index contributed by atoms with van der Waals surface area (Å²) >= 11 is 0. The van der Waals surface area contributed by atoms with Gasteiger partial charge in [-0.3, -0.25) is 0 Å². The molecule has 0 amide bonds. The highest BCUT2D eigenvalue weighted by Gasteiger charge is 2.54. The summed E-state index contributed by atoms with van der Waals surface area (Å²) in [5.74, 6) is 1.81. The summed E-state index contributed by atoms with van der Waals surface area (Å²) in [5.41, 5.74) is 0.598. The van der Waals surface area contributed by atoms with Gasteiger partial charge in [0, 0.05) is 0 Å². The summed E-state index contributed by atoms with van der Waals surface area (Å²) in [4.78, 5) is 0. The molecule has 0 aliphatic heterocycles. The summed E-state index contributed by atoms with van der Waals surface area (Å²) < 4.78 is 0. The van der Waals surface area contributed by atoms with Gasteiger partial charge in [0.2, 0.25) is 0 Å². The molecule has 10 heavy (non-hydrogen) atoms. The number of hydrogen-bond donors (Lipinski definition) is 0. The van der Waals surface area contributed by atoms with Crippen LogP contribution in [0.2, 0.25) is 0 Å². The highest BCUT2D eigenvalue weighted by Crippen LogP contribution is 2.60. The maximum atomic E-state index is 2.37. The molecule has 58 valence electrons. The first-order valence-electron chi connectivity index (χ1n) is 4.27. The van der Waals surface area contributed by atoms with Crippen molar-refractivity contribution in [3.8, 4) is 0 Å². The Hall–Kier alpha value is -0.260. The minimum Gasteiger partial charge on any atom is -0.0914 e. The Morgan fingerprint density at radius 1 is 1.40 bits per heavy atom. The summed E-state index contributed by atoms with van der Waals surface area (Å²) in [7, 11) is 0. The third kappa shape index (κ3) is 1.00. The molecule has 0 nitrogen and oxygen atoms in total. The fourth-order valence-corrected chi connectivity index (χ4v) is 2.16. The van der Waals surface area contributed by atoms with Gasteiger partial charge in [0.25, 0.3) is 0 Å². The van der Waals surface area contributed by atoms with E-state index in [1.165, 1.54) is 6.42 Å². The van der Waals surface area contributed by atoms with E-state index in [-0.39, 0.29) is 0 Å². The average molecular weight is 138 g/mol. The molecule has 0 aromatic heterocycles. The van der Waals surface area contributed by atoms with E-state index in [9.17, 15) is 0 Å². The molecule has 1 saturated carbocycles. The Morgan fingerprint density at radius 2 is 2.00 bits per heavy atom. The van der Waals surface area contributed by atoms with Gasteiger partial charge in [0.15, 0.2) is 0 Å². The monoisotopic (exact) mass is 138 g/mol. The smallest absolute Gasteiger partial charge is 0.0146 e. The molecule has 0 bridgehead atoms. The van der Waals surface area contributed by atoms with Gasteiger partial charge >= 0.3 is 0 Å². The lowest BCUT2D eigenvalue weighted by molar-refractivity contribution is 0.542. The molecule has 2 unspecified atom stereocenters. The minimum atomic E-state index is 0.598. The number of rotatable bonds is 2. The first-order valence-corrected chi connectivity index (χ1v) is 4.27. The summed E-state index contributed by atoms with van der Waals surface area (Å²) in [6, 6.07) is 0. The Morgan fingerprint density at radius 3 is 2.30 bits per heavy atom. The molecule has 0 heterocycles. The van der Waals surface area contributed by atoms with Gasteiger partial charge < -0.3 is 0 Å². The molecule has 1 fully saturated rings. The van der Waals surface area contributed by atoms with Crippen molar-refractivity contribution in [2.75, 3.05) is 0 Å². The third-order valence-corrected chi connectivity index (χ3v) is 2.98. The van der Waals surface area contributed by atoms with E-state index in [0.29, 0.717) is 5.41 Å². The molecular formula is C10H18. The molecule has 2 atom stereocenters. The molecule has 0 N–H and O–H groups in total. The van der Waals surface area contributed by atoms with Crippen LogP contribution in [-0.4, -0.2) is 0 Å². The maximum Gasteiger partial charge on any atom is -0.0146 e. The van der Waals surface area contributed by atoms with Crippen molar-refractivity contribution in [2.24, 2.45) is 17.3 Å². The Balaban J connectivity index is 2.53. The Labute approximate surface area is 64.3 Å². The topological polar surface area (TPSA) is 0 Å². The van der Waals surface area contributed by atoms with E-state index in [2.05, 4.69) is 39.8 Å². The molecule has 0 aromatic carbocycles. The Bertz CT molecular complexity index is 142. The zero-order valence-corrected chi connectivity index (χ0v) is 7.52. The lowest BCUT2D eigenvalue weighted by atomic mass is 10.1. The number of allylic oxidation sites excluding steroid dienone is 2. The normalized spacial score (nSPS) is 36.8. The maximum absolute atomic E-state index is 2.37. The van der Waals surface area contributed by atoms with Crippen LogP contribution in [-0.2, 0) is 0 Å². The van der Waals surface area contributed by atoms with E-state index in [1.807, 2.05) is 0 Å². The van der Waals surface area contributed by atoms with E-state index in [0.717, 1.165) is 11.8 Å². The lowest BCUT2D eigenvalue weighted by Crippen LogP contribution is -1.88. The van der Waals surface area contributed by atoms with Crippen LogP contribution in [0, 0.1) is 17.3 Å². The van der Waals surface area contributed by atoms with Gasteiger partial charge in [-0.2, -0.15) is 0 Å². The first kappa shape index (κ1) is 7.84. The molecule has 1 aliphatic carbocycles. The molecular weight excluding hydrogens is 120 g/mol. The van der Waals surface area contributed by atoms with Crippen LogP contribution in [0.25, 0.3) is 0 Å². The van der Waals surface area contributed by atoms with E-state index >= 15 is 0 Å². The van der Waals surface area contributed by atoms with Crippen molar-refractivity contribution >= 4 is 0 Å². The number of hydrogen-bond acceptors (Lipinski definition) is 0. The van der Waals surface area contributed by atoms with E-state index in [4.69, 9.17) is 0 Å². The summed E-state index contributed by atoms with van der Waals surface area (Å²) in [6.45, 7) is 9.13. The fraction of sp³-hybridized carbons (Fsp3) is 0.800. The highest BCUT2D eigenvalue weighted by atomic mass is 14.6. The largest absolute Gasteiger partial charge is 0.0914 e. The Kier molecular flexibility index (Phi) is 1.89. The zero-order chi connectivity index (χ0) is 7.78. The molecule has 0 radical (unpaired) electrons. The zero-order valence-electron chi connectivity index (χ0n) is 7.52. The average Bonchev–Trinajstić information content (AvgIpc) is 2.36. The van der Waals surface area contributed by atoms with Crippen molar-refractivity contribution in [2.45, 2.75) is 34.1 Å². The second kappa shape index (κ2) is 2.41. The quantitative estimate of drug-likeness (QED) is 0.514. The second-order valence-electron chi connectivity index (χ2n) is 3.89. The van der Waals surface area contributed by atoms with Crippen molar-refractivity contribution in [1.82, 2.24) is 0 Å². The van der Waals surface area contributed by atoms with Gasteiger partial charge in [-0.25, -0.2) is 0 Å². The van der Waals surface area contributed by atoms with Crippen molar-refractivity contribution in [3.05, 3.63) is 12.2 Å². The van der Waals surface area contributed by atoms with Crippen LogP contribution < -0.4 is 0 Å². The minimum absolute atomic E-state index is 0.598. The van der Waals surface area contributed by atoms with Crippen molar-refractivity contribution in [3.63, 3.8) is 0 Å². The van der Waals surface area contributed by atoms with Gasteiger partial charge in [-0.1, -0.05) is 39.3 Å². The predicted molar refractivity (Wildman–Crippen MR) is 45.9 cm³/mol. The lowest BCUT2D eigenvalue weighted by Gasteiger charge is -1.96. The van der Waals surface area contributed by atoms with Gasteiger partial charge in [-0.15, -0.1) is 0 Å². The van der Waals surface area contributed by atoms with Gasteiger partial charge in [0.05, 0.1) is 0 Å². The third-order valence-electron chi connectivity index (χ3n) is 2.98. The van der Waals surface area contributed by atoms with Crippen LogP contribution in [0.4, 0.5) is 0 Å². The second-order valence-corrected chi connectivity index (χ2v) is 3.89. The van der Waals surface area contributed by atoms with Gasteiger partial charge in [0.1, 0.15) is 0 Å². The van der Waals surface area contributed by atoms with Crippen LogP contribution in [0.15, 0.2) is 12.2 Å². The first-order chi connectivity index (χ1) is 4.64. The fourth-order valence-electron chi connectivity index (χ4n) is 2.16. The van der Waals surface area contributed by atoms with Crippen LogP contribution >= 0.6 is 0 Å². The summed E-state index contributed by atoms with van der Waals surface area (Å²) in [6.07, 6.45) is 5.87. The van der Waals surface area contributed by atoms with Gasteiger partial charge in [-0.05, 0) is 24.2 Å². The van der Waals surface area contributed by atoms with Crippen LogP contribution in [0.3, 0.4) is 0 Å². The molecule has 1 aliphatic rings. The predicted octanol–water partition coefficient (Wildman–Crippen LogP) is 3.24. The SMILES string of the molecule is CC=CC1C(CC)C1(C)C.